The minimum atomic E-state index is -1.65. The van der Waals surface area contributed by atoms with E-state index >= 15 is 4.39 Å². The predicted molar refractivity (Wildman–Crippen MR) is 70.3 cm³/mol. The Morgan fingerprint density at radius 3 is 3.00 bits per heavy atom. The molecule has 0 aromatic carbocycles. The molecule has 0 N–H and O–H groups in total. The second-order valence-corrected chi connectivity index (χ2v) is 4.75. The first-order valence-corrected chi connectivity index (χ1v) is 6.12. The van der Waals surface area contributed by atoms with Crippen LogP contribution in [0.25, 0.3) is 6.08 Å². The van der Waals surface area contributed by atoms with Crippen LogP contribution in [-0.2, 0) is 5.79 Å². The molecular weight excluding hydrogens is 249 g/mol. The van der Waals surface area contributed by atoms with Gasteiger partial charge in [-0.25, -0.2) is 9.37 Å². The van der Waals surface area contributed by atoms with Crippen LogP contribution in [-0.4, -0.2) is 14.5 Å². The summed E-state index contributed by atoms with van der Waals surface area (Å²) in [5.74, 6) is -1.65. The normalized spacial score (nSPS) is 21.9. The first-order valence-electron chi connectivity index (χ1n) is 5.67. The van der Waals surface area contributed by atoms with Crippen LogP contribution in [0.4, 0.5) is 4.39 Å². The number of aromatic nitrogens is 3. The average Bonchev–Trinajstić information content (AvgIpc) is 2.76. The molecule has 0 spiro atoms. The molecule has 0 saturated carbocycles. The van der Waals surface area contributed by atoms with Gasteiger partial charge in [0.25, 0.3) is 0 Å². The molecule has 2 aromatic rings. The fourth-order valence-electron chi connectivity index (χ4n) is 2.26. The lowest BCUT2D eigenvalue weighted by Gasteiger charge is -2.30. The van der Waals surface area contributed by atoms with Crippen molar-refractivity contribution in [1.82, 2.24) is 14.5 Å². The van der Waals surface area contributed by atoms with E-state index in [1.165, 1.54) is 4.57 Å². The van der Waals surface area contributed by atoms with E-state index in [2.05, 4.69) is 22.6 Å². The average molecular weight is 261 g/mol. The summed E-state index contributed by atoms with van der Waals surface area (Å²) < 4.78 is 16.7. The minimum absolute atomic E-state index is 0.259. The topological polar surface area (TPSA) is 30.7 Å². The zero-order valence-corrected chi connectivity index (χ0v) is 10.7. The summed E-state index contributed by atoms with van der Waals surface area (Å²) in [7, 11) is 0. The number of fused-ring (bicyclic) bond motifs is 1. The Balaban J connectivity index is 2.22. The minimum Gasteiger partial charge on any atom is -0.289 e. The Morgan fingerprint density at radius 2 is 2.28 bits per heavy atom. The summed E-state index contributed by atoms with van der Waals surface area (Å²) >= 11 is 4.19. The van der Waals surface area contributed by atoms with Crippen molar-refractivity contribution in [3.05, 3.63) is 47.6 Å². The van der Waals surface area contributed by atoms with Gasteiger partial charge in [-0.1, -0.05) is 6.08 Å². The summed E-state index contributed by atoms with van der Waals surface area (Å²) in [5, 5.41) is 0.360. The van der Waals surface area contributed by atoms with Crippen molar-refractivity contribution in [2.45, 2.75) is 24.3 Å². The van der Waals surface area contributed by atoms with E-state index in [1.807, 2.05) is 19.1 Å². The smallest absolute Gasteiger partial charge is 0.219 e. The van der Waals surface area contributed by atoms with E-state index in [1.54, 1.807) is 24.5 Å². The Labute approximate surface area is 110 Å². The van der Waals surface area contributed by atoms with Gasteiger partial charge < -0.3 is 0 Å². The molecule has 0 bridgehead atoms. The van der Waals surface area contributed by atoms with Crippen molar-refractivity contribution in [3.8, 4) is 0 Å². The van der Waals surface area contributed by atoms with Gasteiger partial charge in [0.1, 0.15) is 0 Å². The van der Waals surface area contributed by atoms with Crippen LogP contribution in [0.3, 0.4) is 0 Å². The molecule has 0 saturated heterocycles. The highest BCUT2D eigenvalue weighted by Crippen LogP contribution is 2.39. The van der Waals surface area contributed by atoms with Crippen LogP contribution < -0.4 is 0 Å². The number of hydrogen-bond acceptors (Lipinski definition) is 3. The Kier molecular flexibility index (Phi) is 2.52. The van der Waals surface area contributed by atoms with Crippen molar-refractivity contribution in [1.29, 1.82) is 0 Å². The van der Waals surface area contributed by atoms with Crippen LogP contribution in [0.1, 0.15) is 23.4 Å². The van der Waals surface area contributed by atoms with E-state index in [0.717, 1.165) is 5.69 Å². The molecule has 1 atom stereocenters. The molecule has 0 amide bonds. The van der Waals surface area contributed by atoms with Crippen LogP contribution in [0.5, 0.6) is 0 Å². The van der Waals surface area contributed by atoms with Gasteiger partial charge in [-0.15, -0.1) is 12.6 Å². The number of rotatable bonds is 1. The lowest BCUT2D eigenvalue weighted by atomic mass is 9.93. The summed E-state index contributed by atoms with van der Waals surface area (Å²) in [4.78, 5) is 8.33. The zero-order valence-electron chi connectivity index (χ0n) is 9.84. The van der Waals surface area contributed by atoms with Gasteiger partial charge in [-0.2, -0.15) is 0 Å². The van der Waals surface area contributed by atoms with E-state index in [4.69, 9.17) is 0 Å². The van der Waals surface area contributed by atoms with Gasteiger partial charge >= 0.3 is 0 Å². The van der Waals surface area contributed by atoms with E-state index in [-0.39, 0.29) is 6.42 Å². The number of alkyl halides is 1. The third-order valence-corrected chi connectivity index (χ3v) is 3.47. The maximum absolute atomic E-state index is 15.3. The SMILES string of the molecule is Cc1ccc2c(n1)C=CCC2(F)n1ccnc1S. The molecule has 3 rings (SSSR count). The number of imidazole rings is 1. The van der Waals surface area contributed by atoms with Gasteiger partial charge in [-0.3, -0.25) is 9.55 Å². The van der Waals surface area contributed by atoms with Crippen molar-refractivity contribution in [2.24, 2.45) is 0 Å². The molecule has 3 nitrogen and oxygen atoms in total. The monoisotopic (exact) mass is 261 g/mol. The molecule has 1 aliphatic carbocycles. The van der Waals surface area contributed by atoms with Gasteiger partial charge in [-0.05, 0) is 25.1 Å². The fourth-order valence-corrected chi connectivity index (χ4v) is 2.56. The Bertz CT molecular complexity index is 635. The Morgan fingerprint density at radius 1 is 1.44 bits per heavy atom. The first kappa shape index (κ1) is 11.5. The van der Waals surface area contributed by atoms with Gasteiger partial charge in [0.2, 0.25) is 5.79 Å². The predicted octanol–water partition coefficient (Wildman–Crippen LogP) is 2.96. The summed E-state index contributed by atoms with van der Waals surface area (Å²) in [6, 6.07) is 3.61. The molecular formula is C13H12FN3S. The number of thiol groups is 1. The number of allylic oxidation sites excluding steroid dienone is 1. The van der Waals surface area contributed by atoms with Gasteiger partial charge in [0, 0.05) is 30.1 Å². The maximum atomic E-state index is 15.3. The van der Waals surface area contributed by atoms with E-state index in [9.17, 15) is 0 Å². The molecule has 0 radical (unpaired) electrons. The highest BCUT2D eigenvalue weighted by molar-refractivity contribution is 7.80. The molecule has 2 aromatic heterocycles. The maximum Gasteiger partial charge on any atom is 0.219 e. The third-order valence-electron chi connectivity index (χ3n) is 3.14. The molecule has 18 heavy (non-hydrogen) atoms. The molecule has 5 heteroatoms. The molecule has 92 valence electrons. The second-order valence-electron chi connectivity index (χ2n) is 4.35. The van der Waals surface area contributed by atoms with Crippen LogP contribution in [0, 0.1) is 6.92 Å². The summed E-state index contributed by atoms with van der Waals surface area (Å²) in [5.41, 5.74) is 2.11. The number of nitrogens with zero attached hydrogens (tertiary/aromatic N) is 3. The van der Waals surface area contributed by atoms with Gasteiger partial charge in [0.15, 0.2) is 5.16 Å². The van der Waals surface area contributed by atoms with Gasteiger partial charge in [0.05, 0.1) is 5.69 Å². The van der Waals surface area contributed by atoms with Crippen LogP contribution in [0.2, 0.25) is 0 Å². The lowest BCUT2D eigenvalue weighted by Crippen LogP contribution is -2.32. The van der Waals surface area contributed by atoms with Crippen molar-refractivity contribution in [3.63, 3.8) is 0 Å². The van der Waals surface area contributed by atoms with Crippen LogP contribution >= 0.6 is 12.6 Å². The second kappa shape index (κ2) is 3.95. The molecule has 1 aliphatic rings. The zero-order chi connectivity index (χ0) is 12.8. The molecule has 1 unspecified atom stereocenters. The van der Waals surface area contributed by atoms with Crippen molar-refractivity contribution >= 4 is 18.7 Å². The highest BCUT2D eigenvalue weighted by Gasteiger charge is 2.38. The van der Waals surface area contributed by atoms with Crippen molar-refractivity contribution < 1.29 is 4.39 Å². The van der Waals surface area contributed by atoms with E-state index in [0.29, 0.717) is 16.4 Å². The number of pyridine rings is 1. The van der Waals surface area contributed by atoms with Crippen LogP contribution in [0.15, 0.2) is 35.8 Å². The first-order chi connectivity index (χ1) is 8.61. The van der Waals surface area contributed by atoms with Crippen molar-refractivity contribution in [2.75, 3.05) is 0 Å². The quantitative estimate of drug-likeness (QED) is 0.800. The summed E-state index contributed by atoms with van der Waals surface area (Å²) in [6.07, 6.45) is 7.06. The third kappa shape index (κ3) is 1.58. The molecule has 2 heterocycles. The fraction of sp³-hybridized carbons (Fsp3) is 0.231. The van der Waals surface area contributed by atoms with E-state index < -0.39 is 5.79 Å². The highest BCUT2D eigenvalue weighted by atomic mass is 32.1. The number of halogens is 1. The standard InChI is InChI=1S/C13H12FN3S/c1-9-4-5-10-11(16-9)3-2-6-13(10,14)17-8-7-15-12(17)18/h2-5,7-8H,6H2,1H3,(H,15,18). The largest absolute Gasteiger partial charge is 0.289 e. The Hall–Kier alpha value is -1.62. The molecule has 0 fully saturated rings. The lowest BCUT2D eigenvalue weighted by molar-refractivity contribution is 0.112. The number of hydrogen-bond donors (Lipinski definition) is 1. The molecule has 0 aliphatic heterocycles. The number of aryl methyl sites for hydroxylation is 1. The summed E-state index contributed by atoms with van der Waals surface area (Å²) in [6.45, 7) is 1.89.